The zero-order valence-corrected chi connectivity index (χ0v) is 72.5. The molecule has 39 unspecified atom stereocenters. The zero-order chi connectivity index (χ0) is 84.1. The van der Waals surface area contributed by atoms with Crippen molar-refractivity contribution in [3.63, 3.8) is 0 Å². The van der Waals surface area contributed by atoms with E-state index >= 15 is 0 Å². The van der Waals surface area contributed by atoms with Gasteiger partial charge in [0.2, 0.25) is 4.75 Å². The van der Waals surface area contributed by atoms with Crippen molar-refractivity contribution in [1.82, 2.24) is 0 Å². The maximum absolute atomic E-state index is 13.8. The van der Waals surface area contributed by atoms with Crippen LogP contribution in [0.15, 0.2) is 0 Å². The van der Waals surface area contributed by atoms with Crippen molar-refractivity contribution >= 4 is 80.9 Å². The first kappa shape index (κ1) is 84.8. The molecule has 20 aliphatic heterocycles. The lowest BCUT2D eigenvalue weighted by Gasteiger charge is -2.47. The molecule has 0 spiro atoms. The van der Waals surface area contributed by atoms with Gasteiger partial charge >= 0.3 is 12.4 Å². The standard InChI is InChI=1S/C13H19F3O3S.C9H11F3O3S.C9H14O4S.4C8H12O4S.C7H10O4S/c1-7-10(4)6-12(13(14,15)16)11(7,5)8(9(10,2)3)19-20(12,17)18;1-4-5-2-6-7(4)15-16(13,14)8(6,3-5)9(10,11)12;1-5-7-9(3)6(14(10,11)12-7)4-8(5,2)13-9;1-8(2)5-3-4-6(11-5)7(8)12-13(4,9)10;1-4-6-7-5(13(9,10)12-6)3-8(4,2)11-7;1-4-5-3-6-7(11-5)8(4,2)12-13(6,9)10;1-4-5-3-6-8(2,11-5)7(4)12-13(6,9)10;1-3-4-2-5-7(10-4)6(3)11-12(5,8)9/h7-8H,6H2,1-5H3;4-7H,2-3H2,1H3;5-7H,4H2,1-3H3;4*4-7H,3H2,1-2H3;3-7H,2H2,1H3. The summed E-state index contributed by atoms with van der Waals surface area (Å²) in [5.74, 6) is -0.557. The molecular weight excluding hydrogens is 1690 g/mol. The fourth-order valence-corrected chi connectivity index (χ4v) is 42.1. The Labute approximate surface area is 662 Å². The zero-order valence-electron chi connectivity index (χ0n) is 66.0. The monoisotopic (exact) mass is 1790 g/mol. The molecule has 20 saturated heterocycles. The Kier molecular flexibility index (Phi) is 18.0. The van der Waals surface area contributed by atoms with Gasteiger partial charge in [-0.3, -0.25) is 33.5 Å². The summed E-state index contributed by atoms with van der Waals surface area (Å²) in [4.78, 5) is 0. The van der Waals surface area contributed by atoms with Gasteiger partial charge in [-0.2, -0.15) is 93.7 Å². The SMILES string of the molecule is CC1(C)C2CC3C(O2)C1OS3(=O)=O.CC1C2(C)CC3(C(F)(F)F)C1(C)C(OS3(=O)=O)C2(C)C.CC1C2CC3C(C)(O2)C1OS3(=O)=O.CC1C2CC3C(O2)C1(C)OS3(=O)=O.CC1C2CC3C(O2)C1OS3(=O)=O.CC1C2CC3C1OS(=O)(=O)C3(C(F)(F)F)C2.CC1C2OS(=O)(=O)C3CC1(C)OC23.CC1C2OS(=O)(=O)C3CC1(C)OC23C. The molecule has 24 aliphatic rings. The van der Waals surface area contributed by atoms with Gasteiger partial charge in [0.05, 0.1) is 47.8 Å². The van der Waals surface area contributed by atoms with Gasteiger partial charge in [0.1, 0.15) is 103 Å². The van der Waals surface area contributed by atoms with Crippen LogP contribution in [0.25, 0.3) is 0 Å². The van der Waals surface area contributed by atoms with Gasteiger partial charge in [-0.05, 0) is 121 Å². The first-order valence-electron chi connectivity index (χ1n) is 39.1. The maximum Gasteiger partial charge on any atom is 0.411 e. The summed E-state index contributed by atoms with van der Waals surface area (Å²) in [6, 6.07) is 0. The number of hydrogen-bond acceptors (Lipinski definition) is 30. The highest BCUT2D eigenvalue weighted by Crippen LogP contribution is 2.84. The van der Waals surface area contributed by atoms with Crippen LogP contribution in [0.5, 0.6) is 0 Å². The number of ether oxygens (including phenoxy) is 6. The molecule has 652 valence electrons. The van der Waals surface area contributed by atoms with E-state index in [1.54, 1.807) is 20.8 Å². The Morgan fingerprint density at radius 3 is 1.47 bits per heavy atom. The van der Waals surface area contributed by atoms with E-state index in [0.717, 1.165) is 0 Å². The molecule has 0 aromatic heterocycles. The molecule has 39 atom stereocenters. The number of hydrogen-bond donors (Lipinski definition) is 0. The van der Waals surface area contributed by atoms with Crippen LogP contribution in [0.4, 0.5) is 26.3 Å². The third kappa shape index (κ3) is 10.5. The van der Waals surface area contributed by atoms with Gasteiger partial charge in [0.25, 0.3) is 80.9 Å². The summed E-state index contributed by atoms with van der Waals surface area (Å²) in [6.07, 6.45) is -9.67. The highest BCUT2D eigenvalue weighted by atomic mass is 32.3. The topological polar surface area (TPSA) is 402 Å². The lowest BCUT2D eigenvalue weighted by atomic mass is 9.59. The second-order valence-electron chi connectivity index (χ2n) is 39.6. The van der Waals surface area contributed by atoms with Crippen molar-refractivity contribution in [3.05, 3.63) is 0 Å². The maximum atomic E-state index is 13.8. The van der Waals surface area contributed by atoms with Gasteiger partial charge < -0.3 is 28.4 Å². The molecule has 24 rings (SSSR count). The van der Waals surface area contributed by atoms with Crippen LogP contribution in [0.1, 0.15) is 182 Å². The summed E-state index contributed by atoms with van der Waals surface area (Å²) in [5.41, 5.74) is -5.25. The molecule has 16 bridgehead atoms. The Morgan fingerprint density at radius 2 is 0.965 bits per heavy atom. The molecule has 0 amide bonds. The molecule has 114 heavy (non-hydrogen) atoms. The van der Waals surface area contributed by atoms with E-state index < -0.39 is 187 Å². The van der Waals surface area contributed by atoms with Crippen LogP contribution in [0.3, 0.4) is 0 Å². The first-order valence-corrected chi connectivity index (χ1v) is 50.8. The molecule has 20 heterocycles. The fraction of sp³-hybridized carbons (Fsp3) is 1.00. The second-order valence-corrected chi connectivity index (χ2v) is 53.8. The Hall–Kier alpha value is -1.38. The van der Waals surface area contributed by atoms with Crippen LogP contribution in [0, 0.1) is 74.9 Å². The quantitative estimate of drug-likeness (QED) is 0.185. The summed E-state index contributed by atoms with van der Waals surface area (Å²) in [5, 5.41) is -2.45. The lowest BCUT2D eigenvalue weighted by Crippen LogP contribution is -2.61. The highest BCUT2D eigenvalue weighted by Gasteiger charge is 2.94. The Balaban J connectivity index is 0.0000000945. The molecular formula is C70H102F6O30S8. The van der Waals surface area contributed by atoms with E-state index in [1.165, 1.54) is 6.92 Å². The highest BCUT2D eigenvalue weighted by molar-refractivity contribution is 7.90. The first-order chi connectivity index (χ1) is 51.6. The molecule has 0 N–H and O–H groups in total. The van der Waals surface area contributed by atoms with E-state index in [0.29, 0.717) is 44.9 Å². The molecule has 44 heteroatoms. The third-order valence-electron chi connectivity index (χ3n) is 34.0. The predicted molar refractivity (Wildman–Crippen MR) is 382 cm³/mol. The van der Waals surface area contributed by atoms with Gasteiger partial charge in [0, 0.05) is 46.3 Å². The number of alkyl halides is 6. The van der Waals surface area contributed by atoms with Gasteiger partial charge in [0.15, 0.2) is 4.75 Å². The normalized spacial score (nSPS) is 58.6. The number of fused-ring (bicyclic) bond motifs is 8. The van der Waals surface area contributed by atoms with Gasteiger partial charge in [-0.1, -0.05) is 90.0 Å². The molecule has 30 nitrogen and oxygen atoms in total. The molecule has 24 fully saturated rings. The number of rotatable bonds is 0. The summed E-state index contributed by atoms with van der Waals surface area (Å²) in [7, 11) is -29.2. The van der Waals surface area contributed by atoms with E-state index in [4.69, 9.17) is 61.9 Å². The predicted octanol–water partition coefficient (Wildman–Crippen LogP) is 6.49. The van der Waals surface area contributed by atoms with Gasteiger partial charge in [-0.15, -0.1) is 0 Å². The smallest absolute Gasteiger partial charge is 0.370 e. The summed E-state index contributed by atoms with van der Waals surface area (Å²) >= 11 is 0. The fourth-order valence-electron chi connectivity index (χ4n) is 26.3. The largest absolute Gasteiger partial charge is 0.411 e. The Bertz CT molecular complexity index is 5050. The minimum absolute atomic E-state index is 0.0600. The third-order valence-corrected chi connectivity index (χ3v) is 48.7. The van der Waals surface area contributed by atoms with E-state index in [9.17, 15) is 93.7 Å². The van der Waals surface area contributed by atoms with Crippen molar-refractivity contribution in [1.29, 1.82) is 0 Å². The summed E-state index contributed by atoms with van der Waals surface area (Å²) in [6.45, 7) is 33.9. The van der Waals surface area contributed by atoms with E-state index in [1.807, 2.05) is 96.9 Å². The lowest BCUT2D eigenvalue weighted by molar-refractivity contribution is -0.197. The van der Waals surface area contributed by atoms with Gasteiger partial charge in [-0.25, -0.2) is 0 Å². The minimum atomic E-state index is -4.82. The van der Waals surface area contributed by atoms with Crippen molar-refractivity contribution in [2.75, 3.05) is 0 Å². The molecule has 0 aromatic rings. The van der Waals surface area contributed by atoms with Crippen LogP contribution in [-0.4, -0.2) is 240 Å². The Morgan fingerprint density at radius 1 is 0.386 bits per heavy atom. The molecule has 0 aromatic carbocycles. The van der Waals surface area contributed by atoms with Crippen molar-refractivity contribution < 1.29 is 156 Å². The molecule has 4 aliphatic carbocycles. The van der Waals surface area contributed by atoms with Crippen molar-refractivity contribution in [2.24, 2.45) is 74.9 Å². The molecule has 0 radical (unpaired) electrons. The van der Waals surface area contributed by atoms with Crippen LogP contribution in [0.2, 0.25) is 0 Å². The van der Waals surface area contributed by atoms with Crippen LogP contribution in [-0.2, 0) is 143 Å². The average molecular weight is 1790 g/mol. The second kappa shape index (κ2) is 24.2. The van der Waals surface area contributed by atoms with E-state index in [2.05, 4.69) is 0 Å². The minimum Gasteiger partial charge on any atom is -0.370 e. The van der Waals surface area contributed by atoms with Crippen LogP contribution >= 0.6 is 0 Å². The van der Waals surface area contributed by atoms with Crippen molar-refractivity contribution in [2.45, 2.75) is 355 Å². The average Bonchev–Trinajstić information content (AvgIpc) is 1.44. The molecule has 4 saturated carbocycles. The van der Waals surface area contributed by atoms with Crippen LogP contribution < -0.4 is 0 Å². The summed E-state index contributed by atoms with van der Waals surface area (Å²) < 4.78 is 335. The number of halogens is 6. The van der Waals surface area contributed by atoms with Crippen molar-refractivity contribution in [3.8, 4) is 0 Å². The van der Waals surface area contributed by atoms with E-state index in [-0.39, 0.29) is 155 Å².